The van der Waals surface area contributed by atoms with Gasteiger partial charge in [0.15, 0.2) is 0 Å². The van der Waals surface area contributed by atoms with E-state index in [-0.39, 0.29) is 12.6 Å². The zero-order valence-corrected chi connectivity index (χ0v) is 12.1. The quantitative estimate of drug-likeness (QED) is 0.906. The Kier molecular flexibility index (Phi) is 4.23. The van der Waals surface area contributed by atoms with Crippen molar-refractivity contribution in [3.05, 3.63) is 64.7 Å². The lowest BCUT2D eigenvalue weighted by Gasteiger charge is -2.22. The lowest BCUT2D eigenvalue weighted by atomic mass is 9.88. The molecule has 2 aromatic rings. The molecule has 0 aromatic heterocycles. The first-order valence-electron chi connectivity index (χ1n) is 7.46. The van der Waals surface area contributed by atoms with Crippen LogP contribution in [0.1, 0.15) is 41.1 Å². The summed E-state index contributed by atoms with van der Waals surface area (Å²) in [5.41, 5.74) is 10.8. The SMILES string of the molecule is N[C@H]1CCCc2ccc(OCc3ccc(CO)cc3)cc21. The molecule has 0 bridgehead atoms. The van der Waals surface area contributed by atoms with Gasteiger partial charge in [0.1, 0.15) is 12.4 Å². The third-order valence-electron chi connectivity index (χ3n) is 4.09. The molecule has 1 aliphatic rings. The fraction of sp³-hybridized carbons (Fsp3) is 0.333. The fourth-order valence-corrected chi connectivity index (χ4v) is 2.81. The monoisotopic (exact) mass is 283 g/mol. The predicted molar refractivity (Wildman–Crippen MR) is 83.0 cm³/mol. The van der Waals surface area contributed by atoms with Gasteiger partial charge in [0.2, 0.25) is 0 Å². The lowest BCUT2D eigenvalue weighted by molar-refractivity contribution is 0.281. The van der Waals surface area contributed by atoms with Crippen molar-refractivity contribution in [1.82, 2.24) is 0 Å². The van der Waals surface area contributed by atoms with Crippen molar-refractivity contribution < 1.29 is 9.84 Å². The summed E-state index contributed by atoms with van der Waals surface area (Å²) < 4.78 is 5.86. The normalized spacial score (nSPS) is 17.3. The average Bonchev–Trinajstić information content (AvgIpc) is 2.54. The summed E-state index contributed by atoms with van der Waals surface area (Å²) in [5, 5.41) is 9.03. The molecule has 3 heteroatoms. The number of aliphatic hydroxyl groups excluding tert-OH is 1. The van der Waals surface area contributed by atoms with Crippen LogP contribution in [0.5, 0.6) is 5.75 Å². The molecule has 21 heavy (non-hydrogen) atoms. The molecule has 0 aliphatic heterocycles. The summed E-state index contributed by atoms with van der Waals surface area (Å²) in [7, 11) is 0. The van der Waals surface area contributed by atoms with Gasteiger partial charge < -0.3 is 15.6 Å². The minimum atomic E-state index is 0.0733. The Bertz CT molecular complexity index is 607. The third kappa shape index (κ3) is 3.26. The van der Waals surface area contributed by atoms with Gasteiger partial charge in [0.05, 0.1) is 6.61 Å². The summed E-state index contributed by atoms with van der Waals surface area (Å²) in [6, 6.07) is 14.2. The topological polar surface area (TPSA) is 55.5 Å². The van der Waals surface area contributed by atoms with Gasteiger partial charge in [-0.05, 0) is 53.6 Å². The van der Waals surface area contributed by atoms with E-state index >= 15 is 0 Å². The van der Waals surface area contributed by atoms with Gasteiger partial charge in [-0.25, -0.2) is 0 Å². The molecule has 2 aromatic carbocycles. The molecule has 0 fully saturated rings. The van der Waals surface area contributed by atoms with E-state index in [0.717, 1.165) is 29.7 Å². The highest BCUT2D eigenvalue weighted by molar-refractivity contribution is 5.39. The minimum absolute atomic E-state index is 0.0733. The van der Waals surface area contributed by atoms with Gasteiger partial charge in [-0.15, -0.1) is 0 Å². The summed E-state index contributed by atoms with van der Waals surface area (Å²) in [4.78, 5) is 0. The highest BCUT2D eigenvalue weighted by Crippen LogP contribution is 2.31. The molecule has 0 amide bonds. The van der Waals surface area contributed by atoms with E-state index in [2.05, 4.69) is 12.1 Å². The van der Waals surface area contributed by atoms with Crippen LogP contribution in [0.4, 0.5) is 0 Å². The molecule has 3 N–H and O–H groups in total. The van der Waals surface area contributed by atoms with Crippen LogP contribution in [-0.4, -0.2) is 5.11 Å². The Morgan fingerprint density at radius 1 is 1.10 bits per heavy atom. The number of nitrogens with two attached hydrogens (primary N) is 1. The fourth-order valence-electron chi connectivity index (χ4n) is 2.81. The van der Waals surface area contributed by atoms with Gasteiger partial charge >= 0.3 is 0 Å². The Labute approximate surface area is 125 Å². The van der Waals surface area contributed by atoms with Gasteiger partial charge in [-0.2, -0.15) is 0 Å². The summed E-state index contributed by atoms with van der Waals surface area (Å²) in [5.74, 6) is 0.873. The molecule has 1 atom stereocenters. The van der Waals surface area contributed by atoms with E-state index < -0.39 is 0 Å². The van der Waals surface area contributed by atoms with E-state index in [1.54, 1.807) is 0 Å². The molecular formula is C18H21NO2. The molecule has 3 nitrogen and oxygen atoms in total. The number of benzene rings is 2. The van der Waals surface area contributed by atoms with Crippen molar-refractivity contribution in [1.29, 1.82) is 0 Å². The Hall–Kier alpha value is -1.84. The molecule has 0 spiro atoms. The van der Waals surface area contributed by atoms with Gasteiger partial charge in [-0.3, -0.25) is 0 Å². The van der Waals surface area contributed by atoms with Crippen molar-refractivity contribution in [3.63, 3.8) is 0 Å². The maximum Gasteiger partial charge on any atom is 0.120 e. The van der Waals surface area contributed by atoms with E-state index in [9.17, 15) is 0 Å². The molecule has 0 saturated heterocycles. The second-order valence-corrected chi connectivity index (χ2v) is 5.62. The number of fused-ring (bicyclic) bond motifs is 1. The smallest absolute Gasteiger partial charge is 0.120 e. The van der Waals surface area contributed by atoms with Crippen molar-refractivity contribution in [3.8, 4) is 5.75 Å². The van der Waals surface area contributed by atoms with Crippen LogP contribution < -0.4 is 10.5 Å². The molecule has 0 heterocycles. The standard InChI is InChI=1S/C18H21NO2/c19-18-3-1-2-15-8-9-16(10-17(15)18)21-12-14-6-4-13(11-20)5-7-14/h4-10,18,20H,1-3,11-12,19H2/t18-/m0/s1. The molecule has 0 unspecified atom stereocenters. The largest absolute Gasteiger partial charge is 0.489 e. The lowest BCUT2D eigenvalue weighted by Crippen LogP contribution is -2.17. The minimum Gasteiger partial charge on any atom is -0.489 e. The van der Waals surface area contributed by atoms with Crippen molar-refractivity contribution >= 4 is 0 Å². The Morgan fingerprint density at radius 2 is 1.86 bits per heavy atom. The Morgan fingerprint density at radius 3 is 2.62 bits per heavy atom. The van der Waals surface area contributed by atoms with Crippen LogP contribution >= 0.6 is 0 Å². The number of aryl methyl sites for hydroxylation is 1. The van der Waals surface area contributed by atoms with Gasteiger partial charge in [0.25, 0.3) is 0 Å². The van der Waals surface area contributed by atoms with Crippen molar-refractivity contribution in [2.45, 2.75) is 38.5 Å². The summed E-state index contributed by atoms with van der Waals surface area (Å²) in [6.45, 7) is 0.601. The second kappa shape index (κ2) is 6.29. The van der Waals surface area contributed by atoms with E-state index in [1.807, 2.05) is 30.3 Å². The number of hydrogen-bond acceptors (Lipinski definition) is 3. The van der Waals surface area contributed by atoms with Crippen LogP contribution in [0.2, 0.25) is 0 Å². The summed E-state index contributed by atoms with van der Waals surface area (Å²) >= 11 is 0. The number of hydrogen-bond donors (Lipinski definition) is 2. The molecule has 0 radical (unpaired) electrons. The zero-order chi connectivity index (χ0) is 14.7. The molecule has 0 saturated carbocycles. The zero-order valence-electron chi connectivity index (χ0n) is 12.1. The maximum absolute atomic E-state index is 9.03. The highest BCUT2D eigenvalue weighted by Gasteiger charge is 2.17. The van der Waals surface area contributed by atoms with Crippen LogP contribution in [-0.2, 0) is 19.6 Å². The highest BCUT2D eigenvalue weighted by atomic mass is 16.5. The molecule has 110 valence electrons. The first-order valence-corrected chi connectivity index (χ1v) is 7.46. The number of rotatable bonds is 4. The van der Waals surface area contributed by atoms with Crippen LogP contribution in [0.25, 0.3) is 0 Å². The van der Waals surface area contributed by atoms with E-state index in [4.69, 9.17) is 15.6 Å². The first kappa shape index (κ1) is 14.1. The number of aliphatic hydroxyl groups is 1. The Balaban J connectivity index is 1.68. The summed E-state index contributed by atoms with van der Waals surface area (Å²) in [6.07, 6.45) is 3.34. The van der Waals surface area contributed by atoms with E-state index in [0.29, 0.717) is 6.61 Å². The van der Waals surface area contributed by atoms with Crippen LogP contribution in [0.3, 0.4) is 0 Å². The second-order valence-electron chi connectivity index (χ2n) is 5.62. The number of ether oxygens (including phenoxy) is 1. The van der Waals surface area contributed by atoms with Crippen LogP contribution in [0, 0.1) is 0 Å². The van der Waals surface area contributed by atoms with Crippen LogP contribution in [0.15, 0.2) is 42.5 Å². The predicted octanol–water partition coefficient (Wildman–Crippen LogP) is 3.09. The van der Waals surface area contributed by atoms with Crippen molar-refractivity contribution in [2.24, 2.45) is 5.73 Å². The van der Waals surface area contributed by atoms with Crippen molar-refractivity contribution in [2.75, 3.05) is 0 Å². The maximum atomic E-state index is 9.03. The third-order valence-corrected chi connectivity index (χ3v) is 4.09. The van der Waals surface area contributed by atoms with Gasteiger partial charge in [0, 0.05) is 6.04 Å². The van der Waals surface area contributed by atoms with Gasteiger partial charge in [-0.1, -0.05) is 30.3 Å². The molecular weight excluding hydrogens is 262 g/mol. The molecule has 1 aliphatic carbocycles. The average molecular weight is 283 g/mol. The van der Waals surface area contributed by atoms with E-state index in [1.165, 1.54) is 17.5 Å². The molecule has 3 rings (SSSR count). The first-order chi connectivity index (χ1) is 10.3.